The summed E-state index contributed by atoms with van der Waals surface area (Å²) in [5.41, 5.74) is 4.40. The van der Waals surface area contributed by atoms with Crippen molar-refractivity contribution in [3.63, 3.8) is 0 Å². The molecule has 0 spiro atoms. The summed E-state index contributed by atoms with van der Waals surface area (Å²) in [5, 5.41) is 14.1. The second-order valence-electron chi connectivity index (χ2n) is 9.01. The van der Waals surface area contributed by atoms with Crippen molar-refractivity contribution >= 4 is 21.6 Å². The Kier molecular flexibility index (Phi) is 7.91. The van der Waals surface area contributed by atoms with Gasteiger partial charge in [-0.05, 0) is 93.9 Å². The van der Waals surface area contributed by atoms with Gasteiger partial charge in [-0.15, -0.1) is 11.3 Å². The average Bonchev–Trinajstić information content (AvgIpc) is 3.24. The zero-order valence-electron chi connectivity index (χ0n) is 19.3. The summed E-state index contributed by atoms with van der Waals surface area (Å²) in [4.78, 5) is 7.38. The van der Waals surface area contributed by atoms with Crippen LogP contribution in [0.15, 0.2) is 42.5 Å². The number of hydrogen-bond donors (Lipinski definition) is 1. The molecule has 1 atom stereocenters. The first-order valence-electron chi connectivity index (χ1n) is 12.0. The van der Waals surface area contributed by atoms with E-state index in [1.54, 1.807) is 11.3 Å². The third-order valence-electron chi connectivity index (χ3n) is 6.83. The normalized spacial score (nSPS) is 16.3. The van der Waals surface area contributed by atoms with Gasteiger partial charge in [-0.3, -0.25) is 0 Å². The van der Waals surface area contributed by atoms with Crippen molar-refractivity contribution in [2.24, 2.45) is 0 Å². The van der Waals surface area contributed by atoms with Gasteiger partial charge in [0, 0.05) is 12.6 Å². The lowest BCUT2D eigenvalue weighted by Gasteiger charge is -2.32. The van der Waals surface area contributed by atoms with Crippen molar-refractivity contribution in [2.75, 3.05) is 19.6 Å². The summed E-state index contributed by atoms with van der Waals surface area (Å²) in [7, 11) is 0. The fourth-order valence-corrected chi connectivity index (χ4v) is 5.74. The molecule has 5 heteroatoms. The van der Waals surface area contributed by atoms with Crippen LogP contribution in [0.1, 0.15) is 66.6 Å². The Morgan fingerprint density at radius 1 is 1.22 bits per heavy atom. The number of fused-ring (bicyclic) bond motifs is 1. The van der Waals surface area contributed by atoms with E-state index in [2.05, 4.69) is 59.6 Å². The number of nitrogens with zero attached hydrogens (tertiary/aromatic N) is 3. The van der Waals surface area contributed by atoms with Gasteiger partial charge in [-0.2, -0.15) is 5.26 Å². The molecule has 4 rings (SSSR count). The minimum absolute atomic E-state index is 0.592. The van der Waals surface area contributed by atoms with E-state index >= 15 is 0 Å². The molecule has 0 saturated carbocycles. The molecule has 0 amide bonds. The van der Waals surface area contributed by atoms with Crippen LogP contribution in [-0.2, 0) is 6.54 Å². The number of aromatic nitrogens is 1. The third kappa shape index (κ3) is 5.75. The van der Waals surface area contributed by atoms with Crippen LogP contribution in [0, 0.1) is 18.3 Å². The summed E-state index contributed by atoms with van der Waals surface area (Å²) >= 11 is 1.80. The lowest BCUT2D eigenvalue weighted by Crippen LogP contribution is -2.42. The molecule has 1 N–H and O–H groups in total. The summed E-state index contributed by atoms with van der Waals surface area (Å²) in [6, 6.07) is 17.6. The van der Waals surface area contributed by atoms with E-state index in [-0.39, 0.29) is 0 Å². The van der Waals surface area contributed by atoms with Gasteiger partial charge in [0.15, 0.2) is 0 Å². The van der Waals surface area contributed by atoms with Gasteiger partial charge < -0.3 is 10.2 Å². The first kappa shape index (κ1) is 22.9. The summed E-state index contributed by atoms with van der Waals surface area (Å²) in [5.74, 6) is 0.592. The Balaban J connectivity index is 1.18. The molecular weight excluding hydrogens is 412 g/mol. The van der Waals surface area contributed by atoms with Gasteiger partial charge in [0.1, 0.15) is 5.01 Å². The predicted octanol–water partition coefficient (Wildman–Crippen LogP) is 6.00. The Morgan fingerprint density at radius 2 is 2.03 bits per heavy atom. The molecule has 0 aliphatic carbocycles. The van der Waals surface area contributed by atoms with Crippen molar-refractivity contribution in [1.82, 2.24) is 15.2 Å². The van der Waals surface area contributed by atoms with E-state index in [1.165, 1.54) is 60.6 Å². The van der Waals surface area contributed by atoms with E-state index in [4.69, 9.17) is 10.2 Å². The number of likely N-dealkylation sites (tertiary alicyclic amines) is 1. The van der Waals surface area contributed by atoms with Crippen LogP contribution >= 0.6 is 11.3 Å². The topological polar surface area (TPSA) is 52.0 Å². The number of nitriles is 1. The van der Waals surface area contributed by atoms with Gasteiger partial charge in [-0.1, -0.05) is 31.2 Å². The van der Waals surface area contributed by atoms with Crippen LogP contribution in [0.2, 0.25) is 0 Å². The van der Waals surface area contributed by atoms with Crippen LogP contribution < -0.4 is 5.32 Å². The molecule has 1 aliphatic heterocycles. The van der Waals surface area contributed by atoms with E-state index in [1.807, 2.05) is 13.0 Å². The van der Waals surface area contributed by atoms with Crippen molar-refractivity contribution < 1.29 is 0 Å². The zero-order chi connectivity index (χ0) is 22.3. The molecule has 1 aliphatic rings. The maximum absolute atomic E-state index is 9.17. The second-order valence-corrected chi connectivity index (χ2v) is 10.1. The van der Waals surface area contributed by atoms with Crippen molar-refractivity contribution in [3.05, 3.63) is 64.2 Å². The number of thiazole rings is 1. The molecule has 2 aromatic carbocycles. The van der Waals surface area contributed by atoms with Crippen molar-refractivity contribution in [2.45, 2.75) is 64.5 Å². The monoisotopic (exact) mass is 446 g/mol. The van der Waals surface area contributed by atoms with Gasteiger partial charge >= 0.3 is 0 Å². The van der Waals surface area contributed by atoms with Crippen LogP contribution in [0.3, 0.4) is 0 Å². The quantitative estimate of drug-likeness (QED) is 0.438. The molecule has 4 nitrogen and oxygen atoms in total. The van der Waals surface area contributed by atoms with Crippen LogP contribution in [0.5, 0.6) is 0 Å². The van der Waals surface area contributed by atoms with Gasteiger partial charge in [0.2, 0.25) is 0 Å². The lowest BCUT2D eigenvalue weighted by atomic mass is 9.89. The summed E-state index contributed by atoms with van der Waals surface area (Å²) in [6.45, 7) is 8.77. The zero-order valence-corrected chi connectivity index (χ0v) is 20.1. The van der Waals surface area contributed by atoms with Gasteiger partial charge in [0.05, 0.1) is 21.8 Å². The maximum atomic E-state index is 9.17. The minimum Gasteiger partial charge on any atom is -0.308 e. The molecule has 168 valence electrons. The van der Waals surface area contributed by atoms with Crippen molar-refractivity contribution in [3.8, 4) is 6.07 Å². The van der Waals surface area contributed by atoms with Crippen LogP contribution in [0.25, 0.3) is 10.2 Å². The Hall–Kier alpha value is -2.26. The lowest BCUT2D eigenvalue weighted by molar-refractivity contribution is 0.193. The SMILES string of the molecule is CCC(CCCN1CCC(NCc2nc3ccccc3s2)CC1)c1ccc(C#N)c(C)c1. The summed E-state index contributed by atoms with van der Waals surface area (Å²) < 4.78 is 1.28. The molecule has 3 aromatic rings. The van der Waals surface area contributed by atoms with Crippen molar-refractivity contribution in [1.29, 1.82) is 5.26 Å². The van der Waals surface area contributed by atoms with E-state index in [0.717, 1.165) is 29.6 Å². The fourth-order valence-electron chi connectivity index (χ4n) is 4.82. The second kappa shape index (κ2) is 11.0. The molecule has 32 heavy (non-hydrogen) atoms. The van der Waals surface area contributed by atoms with Gasteiger partial charge in [-0.25, -0.2) is 4.98 Å². The highest BCUT2D eigenvalue weighted by atomic mass is 32.1. The standard InChI is InChI=1S/C27H34N4S/c1-3-21(22-10-11-23(18-28)20(2)17-22)7-6-14-31-15-12-24(13-16-31)29-19-27-30-25-8-4-5-9-26(25)32-27/h4-5,8-11,17,21,24,29H,3,6-7,12-16,19H2,1-2H3. The van der Waals surface area contributed by atoms with E-state index in [0.29, 0.717) is 12.0 Å². The first-order chi connectivity index (χ1) is 15.7. The summed E-state index contributed by atoms with van der Waals surface area (Å²) in [6.07, 6.45) is 6.05. The molecule has 2 heterocycles. The number of para-hydroxylation sites is 1. The van der Waals surface area contributed by atoms with E-state index < -0.39 is 0 Å². The molecule has 0 bridgehead atoms. The Labute approximate surface area is 196 Å². The molecular formula is C27H34N4S. The number of hydrogen-bond acceptors (Lipinski definition) is 5. The number of piperidine rings is 1. The Bertz CT molecular complexity index is 1030. The van der Waals surface area contributed by atoms with E-state index in [9.17, 15) is 0 Å². The number of rotatable bonds is 9. The number of aryl methyl sites for hydroxylation is 1. The fraction of sp³-hybridized carbons (Fsp3) is 0.481. The van der Waals surface area contributed by atoms with Gasteiger partial charge in [0.25, 0.3) is 0 Å². The average molecular weight is 447 g/mol. The van der Waals surface area contributed by atoms with Crippen LogP contribution in [0.4, 0.5) is 0 Å². The highest BCUT2D eigenvalue weighted by molar-refractivity contribution is 7.18. The number of benzene rings is 2. The molecule has 0 radical (unpaired) electrons. The maximum Gasteiger partial charge on any atom is 0.108 e. The smallest absolute Gasteiger partial charge is 0.108 e. The highest BCUT2D eigenvalue weighted by Gasteiger charge is 2.19. The minimum atomic E-state index is 0.592. The number of nitrogens with one attached hydrogen (secondary N) is 1. The molecule has 1 unspecified atom stereocenters. The largest absolute Gasteiger partial charge is 0.308 e. The first-order valence-corrected chi connectivity index (χ1v) is 12.8. The highest BCUT2D eigenvalue weighted by Crippen LogP contribution is 2.27. The molecule has 1 fully saturated rings. The van der Waals surface area contributed by atoms with Crippen LogP contribution in [-0.4, -0.2) is 35.6 Å². The predicted molar refractivity (Wildman–Crippen MR) is 134 cm³/mol. The molecule has 1 aromatic heterocycles. The molecule has 1 saturated heterocycles. The third-order valence-corrected chi connectivity index (χ3v) is 7.87. The Morgan fingerprint density at radius 3 is 2.75 bits per heavy atom.